The lowest BCUT2D eigenvalue weighted by atomic mass is 9.77. The molecule has 0 aromatic rings. The molecule has 1 atom stereocenters. The highest BCUT2D eigenvalue weighted by molar-refractivity contribution is 5.11. The zero-order valence-corrected chi connectivity index (χ0v) is 7.02. The zero-order valence-electron chi connectivity index (χ0n) is 7.02. The van der Waals surface area contributed by atoms with Crippen LogP contribution in [-0.2, 0) is 0 Å². The molecule has 58 valence electrons. The largest absolute Gasteiger partial charge is 0.392 e. The van der Waals surface area contributed by atoms with Gasteiger partial charge in [0.2, 0.25) is 0 Å². The molecule has 0 aromatic carbocycles. The van der Waals surface area contributed by atoms with E-state index in [9.17, 15) is 5.11 Å². The zero-order chi connectivity index (χ0) is 7.78. The van der Waals surface area contributed by atoms with Gasteiger partial charge in [0.1, 0.15) is 0 Å². The molecule has 0 aromatic heterocycles. The van der Waals surface area contributed by atoms with Gasteiger partial charge in [0, 0.05) is 5.41 Å². The lowest BCUT2D eigenvalue weighted by Gasteiger charge is -2.32. The highest BCUT2D eigenvalue weighted by atomic mass is 16.3. The standard InChI is InChI=1S/C9H16O/c1-7-4-5-8(10)9(2,3)6-7/h6,8,10H,4-5H2,1-3H3/t8-/m0/s1. The number of aliphatic hydroxyl groups is 1. The monoisotopic (exact) mass is 140 g/mol. The van der Waals surface area contributed by atoms with Crippen molar-refractivity contribution in [2.24, 2.45) is 5.41 Å². The molecule has 0 radical (unpaired) electrons. The number of allylic oxidation sites excluding steroid dienone is 1. The summed E-state index contributed by atoms with van der Waals surface area (Å²) in [5.41, 5.74) is 1.41. The molecule has 0 amide bonds. The van der Waals surface area contributed by atoms with Crippen LogP contribution in [0.15, 0.2) is 11.6 Å². The predicted molar refractivity (Wildman–Crippen MR) is 42.8 cm³/mol. The van der Waals surface area contributed by atoms with Gasteiger partial charge in [-0.05, 0) is 19.8 Å². The molecule has 1 aliphatic carbocycles. The maximum Gasteiger partial charge on any atom is 0.0628 e. The van der Waals surface area contributed by atoms with E-state index in [1.807, 2.05) is 0 Å². The van der Waals surface area contributed by atoms with Crippen molar-refractivity contribution in [3.8, 4) is 0 Å². The second-order valence-corrected chi connectivity index (χ2v) is 3.87. The van der Waals surface area contributed by atoms with E-state index >= 15 is 0 Å². The third-order valence-electron chi connectivity index (χ3n) is 2.29. The van der Waals surface area contributed by atoms with Gasteiger partial charge in [-0.25, -0.2) is 0 Å². The van der Waals surface area contributed by atoms with E-state index in [0.717, 1.165) is 12.8 Å². The van der Waals surface area contributed by atoms with Gasteiger partial charge >= 0.3 is 0 Å². The number of hydrogen-bond donors (Lipinski definition) is 1. The molecule has 0 heterocycles. The van der Waals surface area contributed by atoms with E-state index in [4.69, 9.17) is 0 Å². The van der Waals surface area contributed by atoms with E-state index in [2.05, 4.69) is 26.8 Å². The molecule has 10 heavy (non-hydrogen) atoms. The van der Waals surface area contributed by atoms with Crippen molar-refractivity contribution in [2.45, 2.75) is 39.7 Å². The van der Waals surface area contributed by atoms with E-state index in [1.54, 1.807) is 0 Å². The van der Waals surface area contributed by atoms with E-state index in [-0.39, 0.29) is 11.5 Å². The van der Waals surface area contributed by atoms with Crippen LogP contribution in [0, 0.1) is 5.41 Å². The van der Waals surface area contributed by atoms with E-state index in [0.29, 0.717) is 0 Å². The maximum absolute atomic E-state index is 9.51. The number of aliphatic hydroxyl groups excluding tert-OH is 1. The molecule has 1 nitrogen and oxygen atoms in total. The molecule has 0 spiro atoms. The van der Waals surface area contributed by atoms with Crippen LogP contribution in [0.4, 0.5) is 0 Å². The highest BCUT2D eigenvalue weighted by Gasteiger charge is 2.28. The molecule has 0 aliphatic heterocycles. The van der Waals surface area contributed by atoms with Gasteiger partial charge in [-0.15, -0.1) is 0 Å². The van der Waals surface area contributed by atoms with Crippen LogP contribution in [0.3, 0.4) is 0 Å². The van der Waals surface area contributed by atoms with Crippen LogP contribution in [0.25, 0.3) is 0 Å². The molecule has 1 heteroatoms. The fraction of sp³-hybridized carbons (Fsp3) is 0.778. The normalized spacial score (nSPS) is 31.6. The highest BCUT2D eigenvalue weighted by Crippen LogP contribution is 2.32. The van der Waals surface area contributed by atoms with Gasteiger partial charge in [0.05, 0.1) is 6.10 Å². The molecule has 1 N–H and O–H groups in total. The third kappa shape index (κ3) is 1.40. The van der Waals surface area contributed by atoms with Gasteiger partial charge in [0.15, 0.2) is 0 Å². The van der Waals surface area contributed by atoms with Crippen LogP contribution in [-0.4, -0.2) is 11.2 Å². The van der Waals surface area contributed by atoms with Crippen LogP contribution in [0.2, 0.25) is 0 Å². The fourth-order valence-corrected chi connectivity index (χ4v) is 1.54. The summed E-state index contributed by atoms with van der Waals surface area (Å²) in [4.78, 5) is 0. The quantitative estimate of drug-likeness (QED) is 0.511. The second-order valence-electron chi connectivity index (χ2n) is 3.87. The molecule has 0 saturated carbocycles. The molecule has 1 rings (SSSR count). The van der Waals surface area contributed by atoms with Gasteiger partial charge in [-0.1, -0.05) is 25.5 Å². The molecule has 0 saturated heterocycles. The first-order valence-corrected chi connectivity index (χ1v) is 3.89. The Kier molecular flexibility index (Phi) is 1.86. The molecule has 0 fully saturated rings. The second kappa shape index (κ2) is 2.39. The van der Waals surface area contributed by atoms with Crippen LogP contribution in [0.5, 0.6) is 0 Å². The minimum Gasteiger partial charge on any atom is -0.392 e. The SMILES string of the molecule is CC1=CC(C)(C)[C@@H](O)CC1. The van der Waals surface area contributed by atoms with Crippen LogP contribution in [0.1, 0.15) is 33.6 Å². The fourth-order valence-electron chi connectivity index (χ4n) is 1.54. The summed E-state index contributed by atoms with van der Waals surface area (Å²) in [5, 5.41) is 9.51. The first kappa shape index (κ1) is 7.80. The summed E-state index contributed by atoms with van der Waals surface area (Å²) in [6, 6.07) is 0. The van der Waals surface area contributed by atoms with Crippen LogP contribution >= 0.6 is 0 Å². The Hall–Kier alpha value is -0.300. The Morgan fingerprint density at radius 1 is 1.60 bits per heavy atom. The van der Waals surface area contributed by atoms with E-state index in [1.165, 1.54) is 5.57 Å². The smallest absolute Gasteiger partial charge is 0.0628 e. The third-order valence-corrected chi connectivity index (χ3v) is 2.29. The molecular weight excluding hydrogens is 124 g/mol. The predicted octanol–water partition coefficient (Wildman–Crippen LogP) is 2.11. The van der Waals surface area contributed by atoms with Crippen molar-refractivity contribution in [3.63, 3.8) is 0 Å². The Labute approximate surface area is 62.8 Å². The molecule has 0 bridgehead atoms. The first-order chi connectivity index (χ1) is 4.52. The lowest BCUT2D eigenvalue weighted by Crippen LogP contribution is -2.30. The topological polar surface area (TPSA) is 20.2 Å². The summed E-state index contributed by atoms with van der Waals surface area (Å²) in [7, 11) is 0. The van der Waals surface area contributed by atoms with Crippen molar-refractivity contribution < 1.29 is 5.11 Å². The van der Waals surface area contributed by atoms with Crippen molar-refractivity contribution in [1.29, 1.82) is 0 Å². The summed E-state index contributed by atoms with van der Waals surface area (Å²) in [6.07, 6.45) is 4.03. The van der Waals surface area contributed by atoms with Crippen molar-refractivity contribution >= 4 is 0 Å². The Bertz CT molecular complexity index is 156. The number of hydrogen-bond acceptors (Lipinski definition) is 1. The van der Waals surface area contributed by atoms with Gasteiger partial charge in [-0.2, -0.15) is 0 Å². The number of rotatable bonds is 0. The lowest BCUT2D eigenvalue weighted by molar-refractivity contribution is 0.0667. The molecular formula is C9H16O. The average molecular weight is 140 g/mol. The Morgan fingerprint density at radius 2 is 2.20 bits per heavy atom. The molecule has 1 aliphatic rings. The van der Waals surface area contributed by atoms with Gasteiger partial charge < -0.3 is 5.11 Å². The molecule has 0 unspecified atom stereocenters. The summed E-state index contributed by atoms with van der Waals surface area (Å²) < 4.78 is 0. The minimum absolute atomic E-state index is 0.00231. The maximum atomic E-state index is 9.51. The minimum atomic E-state index is -0.142. The van der Waals surface area contributed by atoms with Crippen molar-refractivity contribution in [1.82, 2.24) is 0 Å². The summed E-state index contributed by atoms with van der Waals surface area (Å²) in [6.45, 7) is 6.30. The van der Waals surface area contributed by atoms with Crippen molar-refractivity contribution in [3.05, 3.63) is 11.6 Å². The Morgan fingerprint density at radius 3 is 2.60 bits per heavy atom. The first-order valence-electron chi connectivity index (χ1n) is 3.89. The Balaban J connectivity index is 2.79. The van der Waals surface area contributed by atoms with Crippen LogP contribution < -0.4 is 0 Å². The summed E-state index contributed by atoms with van der Waals surface area (Å²) >= 11 is 0. The van der Waals surface area contributed by atoms with E-state index < -0.39 is 0 Å². The van der Waals surface area contributed by atoms with Crippen molar-refractivity contribution in [2.75, 3.05) is 0 Å². The van der Waals surface area contributed by atoms with Gasteiger partial charge in [0.25, 0.3) is 0 Å². The van der Waals surface area contributed by atoms with Gasteiger partial charge in [-0.3, -0.25) is 0 Å². The summed E-state index contributed by atoms with van der Waals surface area (Å²) in [5.74, 6) is 0. The average Bonchev–Trinajstić information content (AvgIpc) is 1.78.